The van der Waals surface area contributed by atoms with E-state index in [9.17, 15) is 4.79 Å². The van der Waals surface area contributed by atoms with Gasteiger partial charge in [-0.2, -0.15) is 0 Å². The summed E-state index contributed by atoms with van der Waals surface area (Å²) >= 11 is 1.79. The Balaban J connectivity index is 2.09. The fraction of sp³-hybridized carbons (Fsp3) is 0.545. The fourth-order valence-corrected chi connectivity index (χ4v) is 2.82. The van der Waals surface area contributed by atoms with E-state index in [1.807, 2.05) is 0 Å². The molecule has 2 heteroatoms. The van der Waals surface area contributed by atoms with Crippen molar-refractivity contribution >= 4 is 17.1 Å². The molecule has 0 radical (unpaired) electrons. The van der Waals surface area contributed by atoms with Crippen LogP contribution in [0.2, 0.25) is 0 Å². The zero-order chi connectivity index (χ0) is 9.10. The summed E-state index contributed by atoms with van der Waals surface area (Å²) < 4.78 is 0. The molecule has 1 aliphatic carbocycles. The highest BCUT2D eigenvalue weighted by atomic mass is 32.1. The molecule has 2 rings (SSSR count). The van der Waals surface area contributed by atoms with Gasteiger partial charge in [0, 0.05) is 23.6 Å². The second-order valence-electron chi connectivity index (χ2n) is 3.70. The smallest absolute Gasteiger partial charge is 0.133 e. The van der Waals surface area contributed by atoms with Crippen LogP contribution in [0.1, 0.15) is 42.9 Å². The summed E-state index contributed by atoms with van der Waals surface area (Å²) in [5, 5.41) is 2.10. The van der Waals surface area contributed by atoms with Gasteiger partial charge in [-0.05, 0) is 24.3 Å². The molecule has 13 heavy (non-hydrogen) atoms. The maximum atomic E-state index is 11.4. The van der Waals surface area contributed by atoms with Crippen molar-refractivity contribution in [2.24, 2.45) is 0 Å². The fourth-order valence-electron chi connectivity index (χ4n) is 1.96. The predicted octanol–water partition coefficient (Wildman–Crippen LogP) is 3.36. The molecule has 1 saturated carbocycles. The maximum Gasteiger partial charge on any atom is 0.133 e. The number of hydrogen-bond acceptors (Lipinski definition) is 2. The van der Waals surface area contributed by atoms with Crippen molar-refractivity contribution in [2.75, 3.05) is 0 Å². The average Bonchev–Trinajstić information content (AvgIpc) is 2.56. The summed E-state index contributed by atoms with van der Waals surface area (Å²) in [6.07, 6.45) is 5.10. The molecule has 0 amide bonds. The van der Waals surface area contributed by atoms with Crippen LogP contribution in [0.25, 0.3) is 0 Å². The summed E-state index contributed by atoms with van der Waals surface area (Å²) in [6, 6.07) is 4.24. The van der Waals surface area contributed by atoms with Crippen LogP contribution in [-0.2, 0) is 4.79 Å². The van der Waals surface area contributed by atoms with Gasteiger partial charge < -0.3 is 0 Å². The minimum absolute atomic E-state index is 0.455. The van der Waals surface area contributed by atoms with Gasteiger partial charge in [-0.25, -0.2) is 0 Å². The first-order valence-electron chi connectivity index (χ1n) is 4.91. The first-order valence-corrected chi connectivity index (χ1v) is 5.79. The van der Waals surface area contributed by atoms with Gasteiger partial charge in [0.2, 0.25) is 0 Å². The Morgan fingerprint density at radius 2 is 2.31 bits per heavy atom. The van der Waals surface area contributed by atoms with Crippen LogP contribution in [0.5, 0.6) is 0 Å². The van der Waals surface area contributed by atoms with Gasteiger partial charge in [0.1, 0.15) is 5.78 Å². The Labute approximate surface area is 82.8 Å². The molecule has 1 aromatic heterocycles. The quantitative estimate of drug-likeness (QED) is 0.626. The van der Waals surface area contributed by atoms with Crippen molar-refractivity contribution in [3.8, 4) is 0 Å². The number of ketones is 1. The number of thiophene rings is 1. The summed E-state index contributed by atoms with van der Waals surface area (Å²) in [5.41, 5.74) is 0. The van der Waals surface area contributed by atoms with E-state index in [1.54, 1.807) is 11.3 Å². The highest BCUT2D eigenvalue weighted by Crippen LogP contribution is 2.32. The lowest BCUT2D eigenvalue weighted by molar-refractivity contribution is -0.119. The van der Waals surface area contributed by atoms with E-state index < -0.39 is 0 Å². The van der Waals surface area contributed by atoms with Crippen LogP contribution in [-0.4, -0.2) is 5.78 Å². The first kappa shape index (κ1) is 8.95. The Hall–Kier alpha value is -0.630. The van der Waals surface area contributed by atoms with Gasteiger partial charge in [-0.15, -0.1) is 11.3 Å². The highest BCUT2D eigenvalue weighted by molar-refractivity contribution is 7.10. The predicted molar refractivity (Wildman–Crippen MR) is 55.2 cm³/mol. The molecular weight excluding hydrogens is 180 g/mol. The second-order valence-corrected chi connectivity index (χ2v) is 4.68. The van der Waals surface area contributed by atoms with E-state index in [-0.39, 0.29) is 0 Å². The highest BCUT2D eigenvalue weighted by Gasteiger charge is 2.19. The standard InChI is InChI=1S/C11H14OS/c12-10-5-2-1-4-9(8-10)11-6-3-7-13-11/h3,6-7,9H,1-2,4-5,8H2. The van der Waals surface area contributed by atoms with Crippen molar-refractivity contribution in [1.29, 1.82) is 0 Å². The van der Waals surface area contributed by atoms with Gasteiger partial charge >= 0.3 is 0 Å². The van der Waals surface area contributed by atoms with E-state index in [0.717, 1.165) is 19.3 Å². The molecule has 0 aliphatic heterocycles. The van der Waals surface area contributed by atoms with Gasteiger partial charge in [-0.1, -0.05) is 12.5 Å². The lowest BCUT2D eigenvalue weighted by Gasteiger charge is -2.09. The van der Waals surface area contributed by atoms with Crippen molar-refractivity contribution in [3.63, 3.8) is 0 Å². The summed E-state index contributed by atoms with van der Waals surface area (Å²) in [6.45, 7) is 0. The molecule has 1 nitrogen and oxygen atoms in total. The van der Waals surface area contributed by atoms with E-state index in [1.165, 1.54) is 17.7 Å². The summed E-state index contributed by atoms with van der Waals surface area (Å²) in [5.74, 6) is 0.978. The van der Waals surface area contributed by atoms with Crippen LogP contribution < -0.4 is 0 Å². The van der Waals surface area contributed by atoms with Gasteiger partial charge in [0.15, 0.2) is 0 Å². The van der Waals surface area contributed by atoms with Gasteiger partial charge in [0.05, 0.1) is 0 Å². The van der Waals surface area contributed by atoms with Gasteiger partial charge in [0.25, 0.3) is 0 Å². The molecule has 1 unspecified atom stereocenters. The number of hydrogen-bond donors (Lipinski definition) is 0. The monoisotopic (exact) mass is 194 g/mol. The first-order chi connectivity index (χ1) is 6.36. The topological polar surface area (TPSA) is 17.1 Å². The van der Waals surface area contributed by atoms with Crippen LogP contribution >= 0.6 is 11.3 Å². The molecule has 0 spiro atoms. The number of carbonyl (C=O) groups excluding carboxylic acids is 1. The molecule has 1 fully saturated rings. The molecule has 70 valence electrons. The van der Waals surface area contributed by atoms with E-state index in [2.05, 4.69) is 17.5 Å². The maximum absolute atomic E-state index is 11.4. The average molecular weight is 194 g/mol. The number of Topliss-reactive ketones (excluding diaryl/α,β-unsaturated/α-hetero) is 1. The SMILES string of the molecule is O=C1CCCCC(c2cccs2)C1. The Morgan fingerprint density at radius 1 is 1.38 bits per heavy atom. The number of rotatable bonds is 1. The van der Waals surface area contributed by atoms with Crippen LogP contribution in [0.15, 0.2) is 17.5 Å². The molecule has 0 aromatic carbocycles. The van der Waals surface area contributed by atoms with Crippen molar-refractivity contribution < 1.29 is 4.79 Å². The molecule has 1 aliphatic rings. The normalized spacial score (nSPS) is 24.3. The van der Waals surface area contributed by atoms with Crippen molar-refractivity contribution in [3.05, 3.63) is 22.4 Å². The van der Waals surface area contributed by atoms with E-state index in [0.29, 0.717) is 11.7 Å². The molecule has 1 heterocycles. The van der Waals surface area contributed by atoms with Crippen LogP contribution in [0.4, 0.5) is 0 Å². The van der Waals surface area contributed by atoms with Crippen molar-refractivity contribution in [2.45, 2.75) is 38.0 Å². The third-order valence-corrected chi connectivity index (χ3v) is 3.71. The molecule has 0 bridgehead atoms. The van der Waals surface area contributed by atoms with Gasteiger partial charge in [-0.3, -0.25) is 4.79 Å². The third kappa shape index (κ3) is 2.19. The van der Waals surface area contributed by atoms with Crippen molar-refractivity contribution in [1.82, 2.24) is 0 Å². The molecule has 1 atom stereocenters. The second kappa shape index (κ2) is 4.05. The lowest BCUT2D eigenvalue weighted by Crippen LogP contribution is -2.01. The number of carbonyl (C=O) groups is 1. The zero-order valence-corrected chi connectivity index (χ0v) is 8.48. The molecule has 0 saturated heterocycles. The summed E-state index contributed by atoms with van der Waals surface area (Å²) in [4.78, 5) is 12.8. The summed E-state index contributed by atoms with van der Waals surface area (Å²) in [7, 11) is 0. The lowest BCUT2D eigenvalue weighted by atomic mass is 9.98. The Morgan fingerprint density at radius 3 is 3.08 bits per heavy atom. The Bertz CT molecular complexity index is 276. The molecule has 0 N–H and O–H groups in total. The third-order valence-electron chi connectivity index (χ3n) is 2.68. The molecule has 1 aromatic rings. The minimum atomic E-state index is 0.455. The largest absolute Gasteiger partial charge is 0.300 e. The molecular formula is C11H14OS. The Kier molecular flexibility index (Phi) is 2.79. The van der Waals surface area contributed by atoms with Crippen LogP contribution in [0, 0.1) is 0 Å². The van der Waals surface area contributed by atoms with E-state index in [4.69, 9.17) is 0 Å². The zero-order valence-electron chi connectivity index (χ0n) is 7.66. The minimum Gasteiger partial charge on any atom is -0.300 e. The van der Waals surface area contributed by atoms with Crippen LogP contribution in [0.3, 0.4) is 0 Å². The van der Waals surface area contributed by atoms with E-state index >= 15 is 0 Å².